The van der Waals surface area contributed by atoms with Crippen LogP contribution in [0, 0.1) is 0 Å². The van der Waals surface area contributed by atoms with E-state index in [1.165, 1.54) is 4.90 Å². The van der Waals surface area contributed by atoms with Crippen molar-refractivity contribution in [2.45, 2.75) is 24.7 Å². The number of nitrogens with two attached hydrogens (primary N) is 1. The summed E-state index contributed by atoms with van der Waals surface area (Å²) >= 11 is 1.69. The Balaban J connectivity index is 2.20. The van der Waals surface area contributed by atoms with E-state index in [2.05, 4.69) is 22.3 Å². The molecule has 1 aromatic carbocycles. The van der Waals surface area contributed by atoms with Gasteiger partial charge in [0.25, 0.3) is 0 Å². The molecule has 0 atom stereocenters. The van der Waals surface area contributed by atoms with Gasteiger partial charge < -0.3 is 10.2 Å². The number of nitrogen functional groups attached to an aromatic ring is 1. The fourth-order valence-electron chi connectivity index (χ4n) is 1.70. The fourth-order valence-corrected chi connectivity index (χ4v) is 2.11. The normalized spacial score (nSPS) is 10.3. The highest BCUT2D eigenvalue weighted by molar-refractivity contribution is 7.98. The van der Waals surface area contributed by atoms with Gasteiger partial charge in [-0.15, -0.1) is 11.8 Å². The molecule has 0 spiro atoms. The predicted molar refractivity (Wildman–Crippen MR) is 82.1 cm³/mol. The minimum atomic E-state index is 0.494. The molecule has 0 amide bonds. The molecule has 0 saturated heterocycles. The van der Waals surface area contributed by atoms with Gasteiger partial charge in [-0.25, -0.2) is 10.8 Å². The van der Waals surface area contributed by atoms with E-state index in [0.29, 0.717) is 11.7 Å². The van der Waals surface area contributed by atoms with Crippen LogP contribution in [0.5, 0.6) is 11.6 Å². The molecule has 1 heterocycles. The summed E-state index contributed by atoms with van der Waals surface area (Å²) in [6.45, 7) is 2.08. The van der Waals surface area contributed by atoms with Crippen LogP contribution in [0.2, 0.25) is 0 Å². The Kier molecular flexibility index (Phi) is 5.20. The van der Waals surface area contributed by atoms with Crippen LogP contribution in [0.25, 0.3) is 0 Å². The number of aryl methyl sites for hydroxylation is 1. The molecule has 20 heavy (non-hydrogen) atoms. The number of thioether (sulfide) groups is 1. The monoisotopic (exact) mass is 290 g/mol. The first-order chi connectivity index (χ1) is 9.75. The van der Waals surface area contributed by atoms with Gasteiger partial charge in [0.15, 0.2) is 0 Å². The Labute approximate surface area is 122 Å². The van der Waals surface area contributed by atoms with E-state index in [-0.39, 0.29) is 0 Å². The third-order valence-corrected chi connectivity index (χ3v) is 3.40. The molecule has 106 valence electrons. The SMILES string of the molecule is CCCc1nc(NN)cc(Oc2ccc(SC)cc2)n1. The highest BCUT2D eigenvalue weighted by Gasteiger charge is 2.06. The van der Waals surface area contributed by atoms with Crippen molar-refractivity contribution in [1.82, 2.24) is 9.97 Å². The Morgan fingerprint density at radius 2 is 2.00 bits per heavy atom. The van der Waals surface area contributed by atoms with E-state index < -0.39 is 0 Å². The van der Waals surface area contributed by atoms with Crippen LogP contribution in [0.4, 0.5) is 5.82 Å². The molecule has 0 fully saturated rings. The lowest BCUT2D eigenvalue weighted by molar-refractivity contribution is 0.458. The lowest BCUT2D eigenvalue weighted by Crippen LogP contribution is -2.10. The van der Waals surface area contributed by atoms with Crippen molar-refractivity contribution >= 4 is 17.6 Å². The number of ether oxygens (including phenoxy) is 1. The zero-order valence-electron chi connectivity index (χ0n) is 11.6. The van der Waals surface area contributed by atoms with Crippen molar-refractivity contribution in [3.8, 4) is 11.6 Å². The van der Waals surface area contributed by atoms with Crippen molar-refractivity contribution in [3.05, 3.63) is 36.2 Å². The summed E-state index contributed by atoms with van der Waals surface area (Å²) in [6.07, 6.45) is 3.80. The van der Waals surface area contributed by atoms with Crippen LogP contribution in [-0.2, 0) is 6.42 Å². The number of anilines is 1. The highest BCUT2D eigenvalue weighted by Crippen LogP contribution is 2.24. The van der Waals surface area contributed by atoms with Gasteiger partial charge in [-0.3, -0.25) is 0 Å². The molecule has 0 aliphatic rings. The second-order valence-electron chi connectivity index (χ2n) is 4.18. The molecule has 0 aliphatic carbocycles. The smallest absolute Gasteiger partial charge is 0.224 e. The molecule has 2 rings (SSSR count). The fraction of sp³-hybridized carbons (Fsp3) is 0.286. The first-order valence-electron chi connectivity index (χ1n) is 6.41. The zero-order chi connectivity index (χ0) is 14.4. The minimum Gasteiger partial charge on any atom is -0.439 e. The van der Waals surface area contributed by atoms with Crippen LogP contribution in [0.3, 0.4) is 0 Å². The van der Waals surface area contributed by atoms with Crippen LogP contribution in [0.1, 0.15) is 19.2 Å². The maximum absolute atomic E-state index is 5.75. The average Bonchev–Trinajstić information content (AvgIpc) is 2.48. The van der Waals surface area contributed by atoms with Crippen LogP contribution >= 0.6 is 11.8 Å². The number of hydrazine groups is 1. The summed E-state index contributed by atoms with van der Waals surface area (Å²) in [5.74, 6) is 7.93. The predicted octanol–water partition coefficient (Wildman–Crippen LogP) is 3.23. The summed E-state index contributed by atoms with van der Waals surface area (Å²) in [5, 5.41) is 0. The molecule has 0 aliphatic heterocycles. The van der Waals surface area contributed by atoms with Crippen molar-refractivity contribution in [2.75, 3.05) is 11.7 Å². The van der Waals surface area contributed by atoms with Crippen molar-refractivity contribution in [2.24, 2.45) is 5.84 Å². The molecule has 2 aromatic rings. The summed E-state index contributed by atoms with van der Waals surface area (Å²) < 4.78 is 5.75. The van der Waals surface area contributed by atoms with Gasteiger partial charge >= 0.3 is 0 Å². The maximum atomic E-state index is 5.75. The number of benzene rings is 1. The van der Waals surface area contributed by atoms with Crippen molar-refractivity contribution in [3.63, 3.8) is 0 Å². The summed E-state index contributed by atoms with van der Waals surface area (Å²) in [5.41, 5.74) is 2.54. The minimum absolute atomic E-state index is 0.494. The van der Waals surface area contributed by atoms with Crippen LogP contribution in [0.15, 0.2) is 35.2 Å². The van der Waals surface area contributed by atoms with Crippen LogP contribution in [-0.4, -0.2) is 16.2 Å². The number of aromatic nitrogens is 2. The summed E-state index contributed by atoms with van der Waals surface area (Å²) in [6, 6.07) is 9.54. The number of nitrogens with zero attached hydrogens (tertiary/aromatic N) is 2. The first-order valence-corrected chi connectivity index (χ1v) is 7.64. The number of hydrogen-bond donors (Lipinski definition) is 2. The lowest BCUT2D eigenvalue weighted by Gasteiger charge is -2.09. The largest absolute Gasteiger partial charge is 0.439 e. The van der Waals surface area contributed by atoms with Gasteiger partial charge in [-0.1, -0.05) is 6.92 Å². The van der Waals surface area contributed by atoms with Crippen molar-refractivity contribution < 1.29 is 4.74 Å². The molecular weight excluding hydrogens is 272 g/mol. The highest BCUT2D eigenvalue weighted by atomic mass is 32.2. The van der Waals surface area contributed by atoms with Gasteiger partial charge in [-0.2, -0.15) is 4.98 Å². The zero-order valence-corrected chi connectivity index (χ0v) is 12.4. The number of hydrogen-bond acceptors (Lipinski definition) is 6. The second kappa shape index (κ2) is 7.12. The van der Waals surface area contributed by atoms with E-state index in [1.807, 2.05) is 30.5 Å². The third-order valence-electron chi connectivity index (χ3n) is 2.65. The third kappa shape index (κ3) is 3.85. The van der Waals surface area contributed by atoms with Gasteiger partial charge in [0, 0.05) is 17.4 Å². The van der Waals surface area contributed by atoms with Gasteiger partial charge in [0.1, 0.15) is 17.4 Å². The first kappa shape index (κ1) is 14.6. The number of nitrogens with one attached hydrogen (secondary N) is 1. The molecular formula is C14H18N4OS. The molecule has 0 radical (unpaired) electrons. The Bertz CT molecular complexity index is 560. The van der Waals surface area contributed by atoms with E-state index in [0.717, 1.165) is 24.4 Å². The topological polar surface area (TPSA) is 73.1 Å². The summed E-state index contributed by atoms with van der Waals surface area (Å²) in [7, 11) is 0. The van der Waals surface area contributed by atoms with Crippen molar-refractivity contribution in [1.29, 1.82) is 0 Å². The molecule has 3 N–H and O–H groups in total. The molecule has 0 bridgehead atoms. The molecule has 6 heteroatoms. The number of rotatable bonds is 6. The second-order valence-corrected chi connectivity index (χ2v) is 5.06. The van der Waals surface area contributed by atoms with Crippen LogP contribution < -0.4 is 16.0 Å². The standard InChI is InChI=1S/C14H18N4OS/c1-3-4-12-16-13(18-15)9-14(17-12)19-10-5-7-11(20-2)8-6-10/h5-9H,3-4,15H2,1-2H3,(H,16,17,18). The Morgan fingerprint density at radius 1 is 1.25 bits per heavy atom. The summed E-state index contributed by atoms with van der Waals surface area (Å²) in [4.78, 5) is 9.85. The van der Waals surface area contributed by atoms with Gasteiger partial charge in [-0.05, 0) is 36.9 Å². The maximum Gasteiger partial charge on any atom is 0.224 e. The van der Waals surface area contributed by atoms with E-state index >= 15 is 0 Å². The van der Waals surface area contributed by atoms with E-state index in [1.54, 1.807) is 17.8 Å². The lowest BCUT2D eigenvalue weighted by atomic mass is 10.3. The van der Waals surface area contributed by atoms with Gasteiger partial charge in [0.2, 0.25) is 5.88 Å². The Hall–Kier alpha value is -1.79. The quantitative estimate of drug-likeness (QED) is 0.483. The molecule has 1 aromatic heterocycles. The molecule has 0 unspecified atom stereocenters. The Morgan fingerprint density at radius 3 is 2.60 bits per heavy atom. The average molecular weight is 290 g/mol. The van der Waals surface area contributed by atoms with E-state index in [4.69, 9.17) is 10.6 Å². The van der Waals surface area contributed by atoms with Gasteiger partial charge in [0.05, 0.1) is 0 Å². The van der Waals surface area contributed by atoms with E-state index in [9.17, 15) is 0 Å². The molecule has 0 saturated carbocycles. The molecule has 5 nitrogen and oxygen atoms in total.